The average molecular weight is 253 g/mol. The lowest BCUT2D eigenvalue weighted by atomic mass is 10.1. The monoisotopic (exact) mass is 253 g/mol. The van der Waals surface area contributed by atoms with Crippen LogP contribution in [0, 0.1) is 5.92 Å². The molecule has 0 spiro atoms. The fraction of sp³-hybridized carbons (Fsp3) is 0.750. The first-order valence-electron chi connectivity index (χ1n) is 6.26. The summed E-state index contributed by atoms with van der Waals surface area (Å²) < 4.78 is 5.10. The average Bonchev–Trinajstić information content (AvgIpc) is 2.36. The van der Waals surface area contributed by atoms with Crippen LogP contribution in [0.2, 0.25) is 0 Å². The third kappa shape index (κ3) is 3.45. The van der Waals surface area contributed by atoms with Crippen molar-refractivity contribution >= 4 is 11.9 Å². The van der Waals surface area contributed by atoms with Gasteiger partial charge in [0.1, 0.15) is 0 Å². The Morgan fingerprint density at radius 3 is 2.39 bits per heavy atom. The van der Waals surface area contributed by atoms with Crippen molar-refractivity contribution in [2.24, 2.45) is 5.92 Å². The number of anilines is 2. The predicted molar refractivity (Wildman–Crippen MR) is 73.2 cm³/mol. The summed E-state index contributed by atoms with van der Waals surface area (Å²) in [5, 5.41) is 3.08. The van der Waals surface area contributed by atoms with Crippen LogP contribution >= 0.6 is 0 Å². The molecule has 0 saturated carbocycles. The number of hydrogen-bond acceptors (Lipinski definition) is 6. The summed E-state index contributed by atoms with van der Waals surface area (Å²) >= 11 is 0. The molecule has 1 aromatic heterocycles. The summed E-state index contributed by atoms with van der Waals surface area (Å²) in [6, 6.07) is 0.672. The van der Waals surface area contributed by atoms with Gasteiger partial charge in [-0.3, -0.25) is 0 Å². The van der Waals surface area contributed by atoms with Crippen molar-refractivity contribution in [3.8, 4) is 6.01 Å². The molecule has 0 amide bonds. The number of methoxy groups -OCH3 is 1. The molecule has 6 nitrogen and oxygen atoms in total. The van der Waals surface area contributed by atoms with E-state index < -0.39 is 0 Å². The van der Waals surface area contributed by atoms with Gasteiger partial charge in [0.05, 0.1) is 7.11 Å². The second kappa shape index (κ2) is 6.37. The second-order valence-electron chi connectivity index (χ2n) is 4.57. The Labute approximate surface area is 109 Å². The number of rotatable bonds is 6. The summed E-state index contributed by atoms with van der Waals surface area (Å²) in [5.74, 6) is 1.68. The Morgan fingerprint density at radius 1 is 1.22 bits per heavy atom. The zero-order valence-electron chi connectivity index (χ0n) is 12.1. The highest BCUT2D eigenvalue weighted by Crippen LogP contribution is 2.18. The van der Waals surface area contributed by atoms with Crippen LogP contribution in [-0.4, -0.2) is 41.7 Å². The Hall–Kier alpha value is -1.59. The number of nitrogens with one attached hydrogen (secondary N) is 1. The Morgan fingerprint density at radius 2 is 1.89 bits per heavy atom. The van der Waals surface area contributed by atoms with Crippen LogP contribution in [0.25, 0.3) is 0 Å². The summed E-state index contributed by atoms with van der Waals surface area (Å²) in [6.45, 7) is 9.25. The van der Waals surface area contributed by atoms with Crippen LogP contribution in [0.3, 0.4) is 0 Å². The topological polar surface area (TPSA) is 63.2 Å². The molecule has 0 bridgehead atoms. The molecule has 0 aliphatic rings. The van der Waals surface area contributed by atoms with Gasteiger partial charge in [-0.2, -0.15) is 15.0 Å². The molecule has 1 atom stereocenters. The van der Waals surface area contributed by atoms with Gasteiger partial charge in [0.15, 0.2) is 0 Å². The maximum Gasteiger partial charge on any atom is 0.322 e. The van der Waals surface area contributed by atoms with Gasteiger partial charge in [0.2, 0.25) is 11.9 Å². The summed E-state index contributed by atoms with van der Waals surface area (Å²) in [4.78, 5) is 14.8. The van der Waals surface area contributed by atoms with E-state index in [2.05, 4.69) is 41.0 Å². The van der Waals surface area contributed by atoms with Gasteiger partial charge in [0, 0.05) is 19.6 Å². The molecule has 102 valence electrons. The van der Waals surface area contributed by atoms with E-state index in [1.54, 1.807) is 7.11 Å². The molecule has 0 saturated heterocycles. The number of nitrogens with zero attached hydrogens (tertiary/aromatic N) is 4. The van der Waals surface area contributed by atoms with Crippen LogP contribution < -0.4 is 15.0 Å². The van der Waals surface area contributed by atoms with Gasteiger partial charge in [-0.1, -0.05) is 13.8 Å². The van der Waals surface area contributed by atoms with E-state index >= 15 is 0 Å². The zero-order valence-corrected chi connectivity index (χ0v) is 12.1. The molecule has 1 aromatic rings. The molecule has 0 fully saturated rings. The predicted octanol–water partition coefficient (Wildman–Crippen LogP) is 1.79. The van der Waals surface area contributed by atoms with Crippen LogP contribution in [0.1, 0.15) is 27.7 Å². The maximum absolute atomic E-state index is 5.10. The molecule has 0 radical (unpaired) electrons. The fourth-order valence-corrected chi connectivity index (χ4v) is 1.46. The first kappa shape index (κ1) is 14.5. The van der Waals surface area contributed by atoms with Gasteiger partial charge in [-0.05, 0) is 19.8 Å². The quantitative estimate of drug-likeness (QED) is 0.834. The van der Waals surface area contributed by atoms with Gasteiger partial charge in [-0.15, -0.1) is 0 Å². The molecule has 1 heterocycles. The minimum Gasteiger partial charge on any atom is -0.467 e. The Kier molecular flexibility index (Phi) is 5.12. The molecule has 1 N–H and O–H groups in total. The number of aromatic nitrogens is 3. The molecule has 6 heteroatoms. The van der Waals surface area contributed by atoms with Crippen molar-refractivity contribution in [3.63, 3.8) is 0 Å². The maximum atomic E-state index is 5.10. The van der Waals surface area contributed by atoms with E-state index in [1.807, 2.05) is 18.9 Å². The minimum atomic E-state index is 0.332. The van der Waals surface area contributed by atoms with Crippen molar-refractivity contribution in [2.75, 3.05) is 30.9 Å². The number of ether oxygens (including phenoxy) is 1. The highest BCUT2D eigenvalue weighted by Gasteiger charge is 2.18. The molecular weight excluding hydrogens is 230 g/mol. The second-order valence-corrected chi connectivity index (χ2v) is 4.57. The van der Waals surface area contributed by atoms with E-state index in [-0.39, 0.29) is 0 Å². The van der Waals surface area contributed by atoms with Crippen molar-refractivity contribution in [1.29, 1.82) is 0 Å². The lowest BCUT2D eigenvalue weighted by Crippen LogP contribution is -2.34. The normalized spacial score (nSPS) is 12.4. The van der Waals surface area contributed by atoms with Crippen molar-refractivity contribution < 1.29 is 4.74 Å². The molecule has 18 heavy (non-hydrogen) atoms. The van der Waals surface area contributed by atoms with Crippen molar-refractivity contribution in [1.82, 2.24) is 15.0 Å². The van der Waals surface area contributed by atoms with E-state index in [4.69, 9.17) is 4.74 Å². The fourth-order valence-electron chi connectivity index (χ4n) is 1.46. The molecule has 1 unspecified atom stereocenters. The third-order valence-corrected chi connectivity index (χ3v) is 3.01. The highest BCUT2D eigenvalue weighted by molar-refractivity contribution is 5.38. The summed E-state index contributed by atoms with van der Waals surface area (Å²) in [5.41, 5.74) is 0. The SMILES string of the molecule is CCNc1nc(OC)nc(N(C)C(C)C(C)C)n1. The molecule has 1 rings (SSSR count). The van der Waals surface area contributed by atoms with Gasteiger partial charge in [0.25, 0.3) is 0 Å². The van der Waals surface area contributed by atoms with Crippen molar-refractivity contribution in [3.05, 3.63) is 0 Å². The standard InChI is InChI=1S/C12H23N5O/c1-7-13-10-14-11(16-12(15-10)18-6)17(5)9(4)8(2)3/h8-9H,7H2,1-6H3,(H,13,14,15,16). The van der Waals surface area contributed by atoms with Crippen molar-refractivity contribution in [2.45, 2.75) is 33.7 Å². The lowest BCUT2D eigenvalue weighted by molar-refractivity contribution is 0.377. The first-order valence-corrected chi connectivity index (χ1v) is 6.26. The Balaban J connectivity index is 3.03. The highest BCUT2D eigenvalue weighted by atomic mass is 16.5. The van der Waals surface area contributed by atoms with Crippen LogP contribution in [-0.2, 0) is 0 Å². The van der Waals surface area contributed by atoms with E-state index in [1.165, 1.54) is 0 Å². The van der Waals surface area contributed by atoms with Crippen LogP contribution in [0.5, 0.6) is 6.01 Å². The van der Waals surface area contributed by atoms with E-state index in [0.717, 1.165) is 6.54 Å². The molecule has 0 aliphatic heterocycles. The smallest absolute Gasteiger partial charge is 0.322 e. The van der Waals surface area contributed by atoms with Gasteiger partial charge >= 0.3 is 6.01 Å². The Bertz CT molecular complexity index is 383. The molecule has 0 aromatic carbocycles. The molecule has 0 aliphatic carbocycles. The zero-order chi connectivity index (χ0) is 13.7. The first-order chi connectivity index (χ1) is 8.49. The lowest BCUT2D eigenvalue weighted by Gasteiger charge is -2.28. The third-order valence-electron chi connectivity index (χ3n) is 3.01. The van der Waals surface area contributed by atoms with Crippen LogP contribution in [0.4, 0.5) is 11.9 Å². The summed E-state index contributed by atoms with van der Waals surface area (Å²) in [6.07, 6.45) is 0. The number of hydrogen-bond donors (Lipinski definition) is 1. The van der Waals surface area contributed by atoms with E-state index in [0.29, 0.717) is 29.9 Å². The van der Waals surface area contributed by atoms with Gasteiger partial charge < -0.3 is 15.0 Å². The van der Waals surface area contributed by atoms with Crippen LogP contribution in [0.15, 0.2) is 0 Å². The largest absolute Gasteiger partial charge is 0.467 e. The summed E-state index contributed by atoms with van der Waals surface area (Å²) in [7, 11) is 3.54. The molecular formula is C12H23N5O. The van der Waals surface area contributed by atoms with E-state index in [9.17, 15) is 0 Å². The van der Waals surface area contributed by atoms with Gasteiger partial charge in [-0.25, -0.2) is 0 Å². The minimum absolute atomic E-state index is 0.332.